The van der Waals surface area contributed by atoms with Gasteiger partial charge < -0.3 is 9.84 Å². The van der Waals surface area contributed by atoms with Crippen molar-refractivity contribution >= 4 is 13.3 Å². The van der Waals surface area contributed by atoms with Gasteiger partial charge in [-0.25, -0.2) is 0 Å². The fourth-order valence-corrected chi connectivity index (χ4v) is 1.50. The standard InChI is InChI=1S/C11H15BO2/c1-3-14-11(7-13)10-5-4-9(12)6-8(10)2/h4-6,11,13H,3,7H2,1-2H3/t11-/m0/s1. The fraction of sp³-hybridized carbons (Fsp3) is 0.455. The summed E-state index contributed by atoms with van der Waals surface area (Å²) in [7, 11) is 5.64. The third-order valence-corrected chi connectivity index (χ3v) is 2.17. The van der Waals surface area contributed by atoms with E-state index in [0.29, 0.717) is 6.61 Å². The highest BCUT2D eigenvalue weighted by Crippen LogP contribution is 2.19. The zero-order chi connectivity index (χ0) is 10.6. The van der Waals surface area contributed by atoms with Crippen molar-refractivity contribution in [1.29, 1.82) is 0 Å². The lowest BCUT2D eigenvalue weighted by molar-refractivity contribution is 0.0186. The van der Waals surface area contributed by atoms with Crippen LogP contribution in [-0.4, -0.2) is 26.2 Å². The van der Waals surface area contributed by atoms with Gasteiger partial charge >= 0.3 is 0 Å². The normalized spacial score (nSPS) is 12.8. The molecule has 0 aliphatic rings. The summed E-state index contributed by atoms with van der Waals surface area (Å²) in [6.45, 7) is 4.47. The van der Waals surface area contributed by atoms with Crippen LogP contribution < -0.4 is 5.46 Å². The Labute approximate surface area is 86.3 Å². The molecule has 1 atom stereocenters. The first-order chi connectivity index (χ1) is 6.69. The van der Waals surface area contributed by atoms with Crippen LogP contribution in [-0.2, 0) is 4.74 Å². The minimum atomic E-state index is -0.236. The number of hydrogen-bond donors (Lipinski definition) is 1. The highest BCUT2D eigenvalue weighted by atomic mass is 16.5. The van der Waals surface area contributed by atoms with Crippen molar-refractivity contribution in [2.24, 2.45) is 0 Å². The summed E-state index contributed by atoms with van der Waals surface area (Å²) in [6.07, 6.45) is -0.236. The molecule has 0 aliphatic carbocycles. The third-order valence-electron chi connectivity index (χ3n) is 2.17. The Hall–Kier alpha value is -0.795. The number of aryl methyl sites for hydroxylation is 1. The molecule has 0 bridgehead atoms. The number of hydrogen-bond acceptors (Lipinski definition) is 2. The van der Waals surface area contributed by atoms with E-state index in [4.69, 9.17) is 17.7 Å². The summed E-state index contributed by atoms with van der Waals surface area (Å²) in [5.74, 6) is 0. The lowest BCUT2D eigenvalue weighted by Gasteiger charge is -2.17. The average molecular weight is 190 g/mol. The van der Waals surface area contributed by atoms with Gasteiger partial charge in [-0.05, 0) is 25.0 Å². The third kappa shape index (κ3) is 2.60. The predicted molar refractivity (Wildman–Crippen MR) is 58.0 cm³/mol. The molecule has 2 radical (unpaired) electrons. The number of ether oxygens (including phenoxy) is 1. The Bertz CT molecular complexity index is 299. The Balaban J connectivity index is 2.92. The van der Waals surface area contributed by atoms with Gasteiger partial charge in [0.1, 0.15) is 14.0 Å². The maximum Gasteiger partial charge on any atom is 0.113 e. The molecule has 0 fully saturated rings. The quantitative estimate of drug-likeness (QED) is 0.713. The smallest absolute Gasteiger partial charge is 0.113 e. The molecule has 1 aromatic carbocycles. The average Bonchev–Trinajstić information content (AvgIpc) is 2.15. The van der Waals surface area contributed by atoms with Crippen molar-refractivity contribution < 1.29 is 9.84 Å². The molecule has 1 aromatic rings. The summed E-state index contributed by atoms with van der Waals surface area (Å²) in [5.41, 5.74) is 2.79. The first kappa shape index (κ1) is 11.3. The Morgan fingerprint density at radius 1 is 1.50 bits per heavy atom. The van der Waals surface area contributed by atoms with E-state index >= 15 is 0 Å². The molecule has 0 heterocycles. The van der Waals surface area contributed by atoms with Crippen LogP contribution in [0.25, 0.3) is 0 Å². The van der Waals surface area contributed by atoms with Crippen LogP contribution in [0, 0.1) is 6.92 Å². The van der Waals surface area contributed by atoms with Gasteiger partial charge in [-0.1, -0.05) is 23.7 Å². The highest BCUT2D eigenvalue weighted by molar-refractivity contribution is 6.32. The van der Waals surface area contributed by atoms with Gasteiger partial charge in [0.25, 0.3) is 0 Å². The van der Waals surface area contributed by atoms with E-state index in [-0.39, 0.29) is 12.7 Å². The summed E-state index contributed by atoms with van der Waals surface area (Å²) in [6, 6.07) is 5.61. The molecule has 3 heteroatoms. The van der Waals surface area contributed by atoms with Crippen LogP contribution in [0.3, 0.4) is 0 Å². The molecule has 0 saturated heterocycles. The van der Waals surface area contributed by atoms with Gasteiger partial charge in [-0.15, -0.1) is 0 Å². The first-order valence-electron chi connectivity index (χ1n) is 4.77. The van der Waals surface area contributed by atoms with Crippen molar-refractivity contribution in [1.82, 2.24) is 0 Å². The number of rotatable bonds is 4. The van der Waals surface area contributed by atoms with Gasteiger partial charge in [-0.3, -0.25) is 0 Å². The largest absolute Gasteiger partial charge is 0.393 e. The van der Waals surface area contributed by atoms with Crippen LogP contribution in [0.1, 0.15) is 24.2 Å². The van der Waals surface area contributed by atoms with E-state index in [2.05, 4.69) is 0 Å². The Morgan fingerprint density at radius 3 is 2.71 bits per heavy atom. The molecule has 0 spiro atoms. The lowest BCUT2D eigenvalue weighted by atomic mass is 9.91. The maximum absolute atomic E-state index is 9.15. The van der Waals surface area contributed by atoms with Crippen molar-refractivity contribution in [2.45, 2.75) is 20.0 Å². The molecule has 14 heavy (non-hydrogen) atoms. The maximum atomic E-state index is 9.15. The molecular formula is C11H15BO2. The highest BCUT2D eigenvalue weighted by Gasteiger charge is 2.11. The molecule has 1 rings (SSSR count). The van der Waals surface area contributed by atoms with Gasteiger partial charge in [0.05, 0.1) is 6.61 Å². The van der Waals surface area contributed by atoms with E-state index in [0.717, 1.165) is 16.6 Å². The first-order valence-corrected chi connectivity index (χ1v) is 4.77. The van der Waals surface area contributed by atoms with Crippen molar-refractivity contribution in [2.75, 3.05) is 13.2 Å². The van der Waals surface area contributed by atoms with Crippen LogP contribution in [0.5, 0.6) is 0 Å². The van der Waals surface area contributed by atoms with Crippen molar-refractivity contribution in [3.63, 3.8) is 0 Å². The number of aliphatic hydroxyl groups excluding tert-OH is 1. The molecule has 1 N–H and O–H groups in total. The SMILES string of the molecule is [B]c1ccc([C@H](CO)OCC)c(C)c1. The minimum Gasteiger partial charge on any atom is -0.393 e. The van der Waals surface area contributed by atoms with Crippen molar-refractivity contribution in [3.8, 4) is 0 Å². The summed E-state index contributed by atoms with van der Waals surface area (Å²) >= 11 is 0. The lowest BCUT2D eigenvalue weighted by Crippen LogP contribution is -2.13. The Kier molecular flexibility index (Phi) is 4.17. The molecule has 0 aliphatic heterocycles. The molecule has 74 valence electrons. The van der Waals surface area contributed by atoms with Crippen LogP contribution >= 0.6 is 0 Å². The van der Waals surface area contributed by atoms with E-state index in [1.165, 1.54) is 0 Å². The van der Waals surface area contributed by atoms with Crippen LogP contribution in [0.15, 0.2) is 18.2 Å². The second kappa shape index (κ2) is 5.18. The molecule has 0 amide bonds. The van der Waals surface area contributed by atoms with Gasteiger partial charge in [0.2, 0.25) is 0 Å². The van der Waals surface area contributed by atoms with Gasteiger partial charge in [0, 0.05) is 6.61 Å². The second-order valence-corrected chi connectivity index (χ2v) is 3.24. The summed E-state index contributed by atoms with van der Waals surface area (Å²) in [4.78, 5) is 0. The summed E-state index contributed by atoms with van der Waals surface area (Å²) in [5, 5.41) is 9.15. The van der Waals surface area contributed by atoms with Gasteiger partial charge in [0.15, 0.2) is 0 Å². The second-order valence-electron chi connectivity index (χ2n) is 3.24. The predicted octanol–water partition coefficient (Wildman–Crippen LogP) is 0.859. The molecule has 0 aromatic heterocycles. The monoisotopic (exact) mass is 190 g/mol. The van der Waals surface area contributed by atoms with Gasteiger partial charge in [-0.2, -0.15) is 0 Å². The van der Waals surface area contributed by atoms with Crippen molar-refractivity contribution in [3.05, 3.63) is 29.3 Å². The van der Waals surface area contributed by atoms with Crippen LogP contribution in [0.2, 0.25) is 0 Å². The number of aliphatic hydroxyl groups is 1. The molecule has 2 nitrogen and oxygen atoms in total. The van der Waals surface area contributed by atoms with E-state index in [1.54, 1.807) is 0 Å². The molecule has 0 unspecified atom stereocenters. The van der Waals surface area contributed by atoms with E-state index < -0.39 is 0 Å². The molecular weight excluding hydrogens is 175 g/mol. The summed E-state index contributed by atoms with van der Waals surface area (Å²) < 4.78 is 5.41. The van der Waals surface area contributed by atoms with E-state index in [1.807, 2.05) is 32.0 Å². The van der Waals surface area contributed by atoms with Crippen LogP contribution in [0.4, 0.5) is 0 Å². The molecule has 0 saturated carbocycles. The number of benzene rings is 1. The topological polar surface area (TPSA) is 29.5 Å². The minimum absolute atomic E-state index is 0.00139. The zero-order valence-corrected chi connectivity index (χ0v) is 8.66. The Morgan fingerprint density at radius 2 is 2.21 bits per heavy atom. The van der Waals surface area contributed by atoms with E-state index in [9.17, 15) is 0 Å². The zero-order valence-electron chi connectivity index (χ0n) is 8.66. The fourth-order valence-electron chi connectivity index (χ4n) is 1.50.